The summed E-state index contributed by atoms with van der Waals surface area (Å²) in [4.78, 5) is 58.1. The fraction of sp³-hybridized carbons (Fsp3) is 0.515. The number of fused-ring (bicyclic) bond motifs is 3. The van der Waals surface area contributed by atoms with E-state index < -0.39 is 30.1 Å². The second-order valence-corrected chi connectivity index (χ2v) is 11.7. The fourth-order valence-electron chi connectivity index (χ4n) is 6.03. The molecule has 2 heterocycles. The highest BCUT2D eigenvalue weighted by molar-refractivity contribution is 6.04. The monoisotopic (exact) mass is 593 g/mol. The minimum absolute atomic E-state index is 0.0126. The lowest BCUT2D eigenvalue weighted by molar-refractivity contribution is -0.154. The summed E-state index contributed by atoms with van der Waals surface area (Å²) in [5.41, 5.74) is 2.07. The Morgan fingerprint density at radius 1 is 1.05 bits per heavy atom. The van der Waals surface area contributed by atoms with Gasteiger partial charge in [0.25, 0.3) is 0 Å². The lowest BCUT2D eigenvalue weighted by Gasteiger charge is -2.51. The van der Waals surface area contributed by atoms with Gasteiger partial charge in [0.15, 0.2) is 0 Å². The molecule has 1 unspecified atom stereocenters. The van der Waals surface area contributed by atoms with Crippen LogP contribution in [0.15, 0.2) is 48.5 Å². The number of ether oxygens (including phenoxy) is 2. The van der Waals surface area contributed by atoms with Crippen LogP contribution in [0.1, 0.15) is 64.6 Å². The van der Waals surface area contributed by atoms with Crippen LogP contribution >= 0.6 is 0 Å². The van der Waals surface area contributed by atoms with E-state index in [1.807, 2.05) is 44.2 Å². The van der Waals surface area contributed by atoms with E-state index in [2.05, 4.69) is 5.32 Å². The van der Waals surface area contributed by atoms with Crippen LogP contribution in [0.3, 0.4) is 0 Å². The van der Waals surface area contributed by atoms with Crippen LogP contribution in [-0.2, 0) is 30.3 Å². The highest BCUT2D eigenvalue weighted by atomic mass is 16.5. The van der Waals surface area contributed by atoms with Gasteiger partial charge in [0.1, 0.15) is 11.8 Å². The maximum Gasteiger partial charge on any atom is 0.307 e. The first-order chi connectivity index (χ1) is 20.6. The molecule has 4 rings (SSSR count). The van der Waals surface area contributed by atoms with E-state index in [4.69, 9.17) is 9.47 Å². The molecule has 2 N–H and O–H groups in total. The number of nitrogens with zero attached hydrogens (tertiary/aromatic N) is 2. The van der Waals surface area contributed by atoms with E-state index in [1.165, 1.54) is 0 Å². The Balaban J connectivity index is 1.86. The van der Waals surface area contributed by atoms with E-state index in [0.29, 0.717) is 30.0 Å². The topological polar surface area (TPSA) is 125 Å². The van der Waals surface area contributed by atoms with E-state index in [0.717, 1.165) is 5.56 Å². The quantitative estimate of drug-likeness (QED) is 0.285. The molecule has 232 valence electrons. The van der Waals surface area contributed by atoms with Crippen molar-refractivity contribution in [2.45, 2.75) is 78.0 Å². The zero-order valence-corrected chi connectivity index (χ0v) is 25.6. The third kappa shape index (κ3) is 6.85. The van der Waals surface area contributed by atoms with Crippen molar-refractivity contribution in [1.29, 1.82) is 0 Å². The number of hydrogen-bond acceptors (Lipinski definition) is 7. The summed E-state index contributed by atoms with van der Waals surface area (Å²) in [5.74, 6) is -1.32. The van der Waals surface area contributed by atoms with Crippen LogP contribution in [-0.4, -0.2) is 71.6 Å². The van der Waals surface area contributed by atoms with Crippen LogP contribution in [0, 0.1) is 11.8 Å². The van der Waals surface area contributed by atoms with Gasteiger partial charge in [0, 0.05) is 30.2 Å². The number of anilines is 1. The smallest absolute Gasteiger partial charge is 0.307 e. The number of amides is 3. The number of aliphatic hydroxyl groups excluding tert-OH is 1. The first kappa shape index (κ1) is 32.0. The first-order valence-electron chi connectivity index (χ1n) is 15.1. The van der Waals surface area contributed by atoms with Crippen LogP contribution in [0.2, 0.25) is 0 Å². The molecule has 10 nitrogen and oxygen atoms in total. The molecule has 1 fully saturated rings. The van der Waals surface area contributed by atoms with Crippen molar-refractivity contribution in [3.63, 3.8) is 0 Å². The Hall–Kier alpha value is -3.92. The second-order valence-electron chi connectivity index (χ2n) is 11.7. The van der Waals surface area contributed by atoms with Crippen molar-refractivity contribution in [2.24, 2.45) is 11.8 Å². The van der Waals surface area contributed by atoms with Gasteiger partial charge in [-0.05, 0) is 36.6 Å². The van der Waals surface area contributed by atoms with Crippen molar-refractivity contribution in [1.82, 2.24) is 10.2 Å². The van der Waals surface area contributed by atoms with E-state index in [-0.39, 0.29) is 55.6 Å². The molecule has 2 aliphatic rings. The molecule has 2 aromatic rings. The zero-order valence-electron chi connectivity index (χ0n) is 25.6. The fourth-order valence-corrected chi connectivity index (χ4v) is 6.03. The molecule has 2 aliphatic heterocycles. The number of benzene rings is 2. The van der Waals surface area contributed by atoms with Crippen molar-refractivity contribution in [2.75, 3.05) is 24.7 Å². The molecule has 3 amide bonds. The number of rotatable bonds is 12. The molecular weight excluding hydrogens is 550 g/mol. The Morgan fingerprint density at radius 3 is 2.40 bits per heavy atom. The van der Waals surface area contributed by atoms with Crippen LogP contribution < -0.4 is 15.0 Å². The highest BCUT2D eigenvalue weighted by Gasteiger charge is 2.57. The van der Waals surface area contributed by atoms with Crippen molar-refractivity contribution < 1.29 is 33.8 Å². The number of carbonyl (C=O) groups is 4. The van der Waals surface area contributed by atoms with Crippen LogP contribution in [0.4, 0.5) is 5.69 Å². The molecule has 0 radical (unpaired) electrons. The van der Waals surface area contributed by atoms with Crippen molar-refractivity contribution in [3.05, 3.63) is 59.7 Å². The molecule has 0 aliphatic carbocycles. The summed E-state index contributed by atoms with van der Waals surface area (Å²) >= 11 is 0. The Morgan fingerprint density at radius 2 is 1.77 bits per heavy atom. The third-order valence-electron chi connectivity index (χ3n) is 7.97. The first-order valence-corrected chi connectivity index (χ1v) is 15.1. The molecule has 0 spiro atoms. The number of piperazine rings is 1. The second kappa shape index (κ2) is 14.0. The van der Waals surface area contributed by atoms with Crippen molar-refractivity contribution in [3.8, 4) is 5.75 Å². The summed E-state index contributed by atoms with van der Waals surface area (Å²) < 4.78 is 11.2. The number of hydrogen-bond donors (Lipinski definition) is 2. The number of aliphatic hydroxyl groups is 1. The lowest BCUT2D eigenvalue weighted by Crippen LogP contribution is -2.70. The number of esters is 1. The average molecular weight is 594 g/mol. The Bertz CT molecular complexity index is 1310. The van der Waals surface area contributed by atoms with Gasteiger partial charge in [-0.3, -0.25) is 19.2 Å². The van der Waals surface area contributed by atoms with Crippen LogP contribution in [0.5, 0.6) is 5.75 Å². The van der Waals surface area contributed by atoms with Gasteiger partial charge in [-0.1, -0.05) is 58.0 Å². The van der Waals surface area contributed by atoms with Gasteiger partial charge in [-0.2, -0.15) is 0 Å². The molecule has 43 heavy (non-hydrogen) atoms. The van der Waals surface area contributed by atoms with Gasteiger partial charge >= 0.3 is 5.97 Å². The van der Waals surface area contributed by atoms with Gasteiger partial charge in [0.05, 0.1) is 44.2 Å². The summed E-state index contributed by atoms with van der Waals surface area (Å²) in [7, 11) is 0. The lowest BCUT2D eigenvalue weighted by atomic mass is 9.86. The molecule has 0 aromatic heterocycles. The summed E-state index contributed by atoms with van der Waals surface area (Å²) in [5, 5.41) is 12.3. The molecule has 10 heteroatoms. The maximum atomic E-state index is 14.4. The number of nitrogens with one attached hydrogen (secondary N) is 1. The van der Waals surface area contributed by atoms with Gasteiger partial charge < -0.3 is 29.7 Å². The molecule has 2 aromatic carbocycles. The zero-order chi connectivity index (χ0) is 31.3. The third-order valence-corrected chi connectivity index (χ3v) is 7.97. The SMILES string of the molecule is CCOC(=O)CC1[C@@H]2[C@@H](NC(=O)C(C)C)c3cc(OCCCO)ccc3N2C(=O)[C@H](C(C)C)N1C(=O)Cc1ccccc1. The summed E-state index contributed by atoms with van der Waals surface area (Å²) in [6.07, 6.45) is 0.365. The summed E-state index contributed by atoms with van der Waals surface area (Å²) in [6, 6.07) is 11.6. The minimum Gasteiger partial charge on any atom is -0.493 e. The van der Waals surface area contributed by atoms with E-state index in [1.54, 1.807) is 48.8 Å². The van der Waals surface area contributed by atoms with Gasteiger partial charge in [-0.15, -0.1) is 0 Å². The van der Waals surface area contributed by atoms with E-state index in [9.17, 15) is 24.3 Å². The van der Waals surface area contributed by atoms with E-state index >= 15 is 0 Å². The minimum atomic E-state index is -0.834. The molecule has 0 bridgehead atoms. The maximum absolute atomic E-state index is 14.4. The Labute approximate surface area is 253 Å². The van der Waals surface area contributed by atoms with Gasteiger partial charge in [-0.25, -0.2) is 0 Å². The molecule has 4 atom stereocenters. The molecule has 0 saturated carbocycles. The summed E-state index contributed by atoms with van der Waals surface area (Å²) in [6.45, 7) is 9.52. The predicted octanol–water partition coefficient (Wildman–Crippen LogP) is 3.41. The molecular formula is C33H43N3O7. The largest absolute Gasteiger partial charge is 0.493 e. The van der Waals surface area contributed by atoms with Gasteiger partial charge in [0.2, 0.25) is 17.7 Å². The number of carbonyl (C=O) groups excluding carboxylic acids is 4. The highest BCUT2D eigenvalue weighted by Crippen LogP contribution is 2.48. The van der Waals surface area contributed by atoms with Crippen molar-refractivity contribution >= 4 is 29.4 Å². The normalized spacial score (nSPS) is 21.1. The molecule has 1 saturated heterocycles. The van der Waals surface area contributed by atoms with Crippen LogP contribution in [0.25, 0.3) is 0 Å². The predicted molar refractivity (Wildman–Crippen MR) is 161 cm³/mol. The average Bonchev–Trinajstić information content (AvgIpc) is 3.28. The Kier molecular flexibility index (Phi) is 10.4. The standard InChI is InChI=1S/C33H43N3O7/c1-6-42-28(39)19-26-31-29(34-32(40)21(4)5)24-18-23(43-16-10-15-37)13-14-25(24)36(31)33(41)30(20(2)3)35(26)27(38)17-22-11-8-7-9-12-22/h7-9,11-14,18,20-21,26,29-31,37H,6,10,15-17,19H2,1-5H3,(H,34,40)/t26?,29-,30-,31+/m0/s1.